The van der Waals surface area contributed by atoms with Crippen molar-refractivity contribution in [1.29, 1.82) is 0 Å². The first-order chi connectivity index (χ1) is 12.5. The molecule has 1 unspecified atom stereocenters. The highest BCUT2D eigenvalue weighted by molar-refractivity contribution is 5.75. The van der Waals surface area contributed by atoms with Gasteiger partial charge in [0.25, 0.3) is 0 Å². The summed E-state index contributed by atoms with van der Waals surface area (Å²) in [5.74, 6) is -0.199. The lowest BCUT2D eigenvalue weighted by atomic mass is 10.1. The number of methoxy groups -OCH3 is 1. The molecule has 0 aliphatic heterocycles. The standard InChI is InChI=1S/C18H33NO7/c1-15(20)9-5-4-8-12-24-18(22)25-14-16(13-23-2)26-17(21)10-6-3-7-11-19/h16H,3-14,19H2,1-2H3. The van der Waals surface area contributed by atoms with Gasteiger partial charge in [-0.15, -0.1) is 0 Å². The van der Waals surface area contributed by atoms with E-state index in [4.69, 9.17) is 24.7 Å². The molecule has 26 heavy (non-hydrogen) atoms. The van der Waals surface area contributed by atoms with Crippen LogP contribution in [0.25, 0.3) is 0 Å². The second-order valence-electron chi connectivity index (χ2n) is 6.09. The van der Waals surface area contributed by atoms with Crippen LogP contribution in [0.15, 0.2) is 0 Å². The van der Waals surface area contributed by atoms with Crippen LogP contribution >= 0.6 is 0 Å². The molecular weight excluding hydrogens is 342 g/mol. The Morgan fingerprint density at radius 1 is 0.885 bits per heavy atom. The topological polar surface area (TPSA) is 114 Å². The van der Waals surface area contributed by atoms with Crippen molar-refractivity contribution in [2.75, 3.05) is 33.5 Å². The molecule has 0 rings (SSSR count). The molecule has 0 aromatic carbocycles. The molecule has 0 radical (unpaired) electrons. The van der Waals surface area contributed by atoms with Crippen molar-refractivity contribution in [3.8, 4) is 0 Å². The van der Waals surface area contributed by atoms with Gasteiger partial charge in [-0.05, 0) is 45.6 Å². The van der Waals surface area contributed by atoms with Crippen LogP contribution in [-0.2, 0) is 28.5 Å². The molecule has 1 atom stereocenters. The smallest absolute Gasteiger partial charge is 0.456 e. The molecule has 152 valence electrons. The first-order valence-corrected chi connectivity index (χ1v) is 9.17. The van der Waals surface area contributed by atoms with Gasteiger partial charge >= 0.3 is 12.1 Å². The minimum atomic E-state index is -0.809. The summed E-state index contributed by atoms with van der Waals surface area (Å²) in [5.41, 5.74) is 5.40. The van der Waals surface area contributed by atoms with Gasteiger partial charge in [0.05, 0.1) is 13.2 Å². The van der Waals surface area contributed by atoms with E-state index in [0.717, 1.165) is 25.7 Å². The number of esters is 1. The Morgan fingerprint density at radius 2 is 1.58 bits per heavy atom. The molecule has 0 heterocycles. The van der Waals surface area contributed by atoms with Crippen molar-refractivity contribution in [3.05, 3.63) is 0 Å². The zero-order valence-corrected chi connectivity index (χ0v) is 16.0. The van der Waals surface area contributed by atoms with E-state index in [9.17, 15) is 14.4 Å². The third-order valence-electron chi connectivity index (χ3n) is 3.52. The summed E-state index contributed by atoms with van der Waals surface area (Å²) < 4.78 is 20.1. The summed E-state index contributed by atoms with van der Waals surface area (Å²) in [6.07, 6.45) is 4.08. The van der Waals surface area contributed by atoms with Gasteiger partial charge in [0.2, 0.25) is 0 Å². The number of hydrogen-bond acceptors (Lipinski definition) is 8. The Balaban J connectivity index is 3.87. The van der Waals surface area contributed by atoms with Crippen molar-refractivity contribution in [2.24, 2.45) is 5.73 Å². The lowest BCUT2D eigenvalue weighted by molar-refractivity contribution is -0.154. The molecule has 0 amide bonds. The number of hydrogen-bond donors (Lipinski definition) is 1. The van der Waals surface area contributed by atoms with Crippen molar-refractivity contribution in [3.63, 3.8) is 0 Å². The maximum atomic E-state index is 11.8. The number of ketones is 1. The first-order valence-electron chi connectivity index (χ1n) is 9.17. The molecule has 0 spiro atoms. The van der Waals surface area contributed by atoms with Crippen LogP contribution in [-0.4, -0.2) is 57.5 Å². The highest BCUT2D eigenvalue weighted by Gasteiger charge is 2.17. The fourth-order valence-corrected chi connectivity index (χ4v) is 2.15. The van der Waals surface area contributed by atoms with Crippen molar-refractivity contribution in [2.45, 2.75) is 64.4 Å². The van der Waals surface area contributed by atoms with Gasteiger partial charge in [0, 0.05) is 20.0 Å². The van der Waals surface area contributed by atoms with Gasteiger partial charge in [-0.25, -0.2) is 4.79 Å². The Bertz CT molecular complexity index is 401. The highest BCUT2D eigenvalue weighted by Crippen LogP contribution is 2.05. The minimum Gasteiger partial charge on any atom is -0.456 e. The Labute approximate surface area is 155 Å². The lowest BCUT2D eigenvalue weighted by Gasteiger charge is -2.17. The Kier molecular flexibility index (Phi) is 15.7. The SMILES string of the molecule is COCC(COC(=O)OCCCCCC(C)=O)OC(=O)CCCCCN. The summed E-state index contributed by atoms with van der Waals surface area (Å²) >= 11 is 0. The summed E-state index contributed by atoms with van der Waals surface area (Å²) in [5, 5.41) is 0. The van der Waals surface area contributed by atoms with E-state index in [-0.39, 0.29) is 31.6 Å². The van der Waals surface area contributed by atoms with Crippen LogP contribution < -0.4 is 5.73 Å². The van der Waals surface area contributed by atoms with Crippen molar-refractivity contribution in [1.82, 2.24) is 0 Å². The Hall–Kier alpha value is -1.67. The zero-order valence-electron chi connectivity index (χ0n) is 16.0. The van der Waals surface area contributed by atoms with E-state index < -0.39 is 12.3 Å². The van der Waals surface area contributed by atoms with Crippen LogP contribution in [0, 0.1) is 0 Å². The predicted octanol–water partition coefficient (Wildman–Crippen LogP) is 2.37. The predicted molar refractivity (Wildman–Crippen MR) is 95.7 cm³/mol. The van der Waals surface area contributed by atoms with E-state index in [0.29, 0.717) is 32.2 Å². The summed E-state index contributed by atoms with van der Waals surface area (Å²) in [6.45, 7) is 2.40. The zero-order chi connectivity index (χ0) is 19.6. The molecule has 0 aliphatic carbocycles. The van der Waals surface area contributed by atoms with Crippen LogP contribution in [0.5, 0.6) is 0 Å². The third-order valence-corrected chi connectivity index (χ3v) is 3.52. The maximum Gasteiger partial charge on any atom is 0.508 e. The number of ether oxygens (including phenoxy) is 4. The number of nitrogens with two attached hydrogens (primary N) is 1. The second kappa shape index (κ2) is 16.8. The minimum absolute atomic E-state index is 0.119. The van der Waals surface area contributed by atoms with Gasteiger partial charge in [0.1, 0.15) is 12.4 Å². The van der Waals surface area contributed by atoms with Crippen LogP contribution in [0.3, 0.4) is 0 Å². The van der Waals surface area contributed by atoms with Crippen LogP contribution in [0.2, 0.25) is 0 Å². The molecular formula is C18H33NO7. The van der Waals surface area contributed by atoms with Crippen LogP contribution in [0.4, 0.5) is 4.79 Å². The molecule has 0 saturated heterocycles. The van der Waals surface area contributed by atoms with Gasteiger partial charge in [-0.3, -0.25) is 4.79 Å². The number of unbranched alkanes of at least 4 members (excludes halogenated alkanes) is 4. The molecule has 8 heteroatoms. The molecule has 0 bridgehead atoms. The average molecular weight is 375 g/mol. The number of rotatable bonds is 16. The molecule has 0 fully saturated rings. The third kappa shape index (κ3) is 15.8. The monoisotopic (exact) mass is 375 g/mol. The largest absolute Gasteiger partial charge is 0.508 e. The molecule has 0 aliphatic rings. The number of carbonyl (C=O) groups excluding carboxylic acids is 3. The fourth-order valence-electron chi connectivity index (χ4n) is 2.15. The van der Waals surface area contributed by atoms with E-state index >= 15 is 0 Å². The van der Waals surface area contributed by atoms with Crippen molar-refractivity contribution >= 4 is 17.9 Å². The molecule has 0 aromatic rings. The van der Waals surface area contributed by atoms with E-state index in [1.807, 2.05) is 0 Å². The highest BCUT2D eigenvalue weighted by atomic mass is 16.7. The normalized spacial score (nSPS) is 11.7. The van der Waals surface area contributed by atoms with Crippen LogP contribution in [0.1, 0.15) is 58.3 Å². The van der Waals surface area contributed by atoms with E-state index in [1.54, 1.807) is 6.92 Å². The Morgan fingerprint density at radius 3 is 2.23 bits per heavy atom. The molecule has 0 saturated carbocycles. The van der Waals surface area contributed by atoms with Gasteiger partial charge < -0.3 is 29.5 Å². The molecule has 0 aromatic heterocycles. The van der Waals surface area contributed by atoms with Gasteiger partial charge in [0.15, 0.2) is 6.10 Å². The summed E-state index contributed by atoms with van der Waals surface area (Å²) in [6, 6.07) is 0. The lowest BCUT2D eigenvalue weighted by Crippen LogP contribution is -2.29. The number of Topliss-reactive ketones (excluding diaryl/α,β-unsaturated/α-hetero) is 1. The van der Waals surface area contributed by atoms with Gasteiger partial charge in [-0.2, -0.15) is 0 Å². The maximum absolute atomic E-state index is 11.8. The summed E-state index contributed by atoms with van der Waals surface area (Å²) in [7, 11) is 1.47. The van der Waals surface area contributed by atoms with Crippen molar-refractivity contribution < 1.29 is 33.3 Å². The fraction of sp³-hybridized carbons (Fsp3) is 0.833. The van der Waals surface area contributed by atoms with E-state index in [2.05, 4.69) is 0 Å². The first kappa shape index (κ1) is 24.3. The molecule has 8 nitrogen and oxygen atoms in total. The second-order valence-corrected chi connectivity index (χ2v) is 6.09. The molecule has 2 N–H and O–H groups in total. The summed E-state index contributed by atoms with van der Waals surface area (Å²) in [4.78, 5) is 34.1. The quantitative estimate of drug-likeness (QED) is 0.323. The number of carbonyl (C=O) groups is 3. The van der Waals surface area contributed by atoms with E-state index in [1.165, 1.54) is 7.11 Å². The van der Waals surface area contributed by atoms with Gasteiger partial charge in [-0.1, -0.05) is 6.42 Å². The average Bonchev–Trinajstić information content (AvgIpc) is 2.59.